The Labute approximate surface area is 210 Å². The van der Waals surface area contributed by atoms with Gasteiger partial charge in [-0.1, -0.05) is 24.3 Å². The summed E-state index contributed by atoms with van der Waals surface area (Å²) < 4.78 is 9.99. The fourth-order valence-corrected chi connectivity index (χ4v) is 2.49. The Balaban J connectivity index is 0.000000240. The van der Waals surface area contributed by atoms with Crippen LogP contribution in [0.2, 0.25) is 0 Å². The third-order valence-corrected chi connectivity index (χ3v) is 4.10. The summed E-state index contributed by atoms with van der Waals surface area (Å²) in [6, 6.07) is 19.3. The molecule has 0 unspecified atom stereocenters. The summed E-state index contributed by atoms with van der Waals surface area (Å²) in [5, 5.41) is 26.3. The molecule has 0 fully saturated rings. The maximum Gasteiger partial charge on any atom is 0.275 e. The quantitative estimate of drug-likeness (QED) is 0.172. The number of benzene rings is 2. The zero-order valence-corrected chi connectivity index (χ0v) is 18.9. The minimum Gasteiger partial charge on any atom is -0.507 e. The first-order valence-corrected chi connectivity index (χ1v) is 9.84. The summed E-state index contributed by atoms with van der Waals surface area (Å²) in [6.07, 6.45) is 5.76. The third-order valence-electron chi connectivity index (χ3n) is 4.10. The summed E-state index contributed by atoms with van der Waals surface area (Å²) in [7, 11) is 0. The first-order chi connectivity index (χ1) is 16.5. The van der Waals surface area contributed by atoms with Crippen molar-refractivity contribution in [3.63, 3.8) is 0 Å². The molecule has 11 heteroatoms. The molecule has 0 spiro atoms. The van der Waals surface area contributed by atoms with E-state index in [-0.39, 0.29) is 39.7 Å². The van der Waals surface area contributed by atoms with Crippen LogP contribution in [-0.4, -0.2) is 34.5 Å². The predicted molar refractivity (Wildman–Crippen MR) is 124 cm³/mol. The van der Waals surface area contributed by atoms with Gasteiger partial charge in [-0.3, -0.25) is 9.59 Å². The normalized spacial score (nSPS) is 10.3. The van der Waals surface area contributed by atoms with Crippen molar-refractivity contribution < 1.29 is 45.7 Å². The third kappa shape index (κ3) is 8.35. The Hall–Kier alpha value is -4.60. The Morgan fingerprint density at radius 2 is 1.06 bits per heavy atom. The largest absolute Gasteiger partial charge is 0.507 e. The van der Waals surface area contributed by atoms with Crippen molar-refractivity contribution >= 4 is 24.2 Å². The van der Waals surface area contributed by atoms with E-state index in [2.05, 4.69) is 21.1 Å². The number of nitrogens with one attached hydrogen (secondary N) is 2. The molecule has 35 heavy (non-hydrogen) atoms. The van der Waals surface area contributed by atoms with Crippen LogP contribution in [0.5, 0.6) is 11.5 Å². The van der Waals surface area contributed by atoms with Crippen LogP contribution in [0.3, 0.4) is 0 Å². The molecule has 0 saturated heterocycles. The number of para-hydroxylation sites is 2. The van der Waals surface area contributed by atoms with Crippen LogP contribution < -0.4 is 10.9 Å². The van der Waals surface area contributed by atoms with Crippen LogP contribution >= 0.6 is 0 Å². The standard InChI is InChI=1S/2C12H10N2O3.Cu/c2*15-11-6-2-1-5-10(11)12(16)14-13-8-9-4-3-7-17-9;/h2*1-8,15H,(H,14,16);/b2*13-8+;. The second-order valence-electron chi connectivity index (χ2n) is 6.46. The molecule has 0 saturated carbocycles. The fraction of sp³-hybridized carbons (Fsp3) is 0. The molecule has 10 nitrogen and oxygen atoms in total. The molecule has 2 amide bonds. The minimum atomic E-state index is -0.481. The first-order valence-electron chi connectivity index (χ1n) is 9.84. The molecular formula is C24H20CuN4O6. The number of hydrogen-bond donors (Lipinski definition) is 4. The van der Waals surface area contributed by atoms with E-state index in [1.807, 2.05) is 0 Å². The van der Waals surface area contributed by atoms with Gasteiger partial charge in [-0.05, 0) is 48.5 Å². The maximum absolute atomic E-state index is 11.6. The summed E-state index contributed by atoms with van der Waals surface area (Å²) in [6.45, 7) is 0. The van der Waals surface area contributed by atoms with Crippen LogP contribution in [0.4, 0.5) is 0 Å². The molecule has 183 valence electrons. The number of hydrogen-bond acceptors (Lipinski definition) is 8. The van der Waals surface area contributed by atoms with E-state index in [1.54, 1.807) is 48.5 Å². The summed E-state index contributed by atoms with van der Waals surface area (Å²) >= 11 is 0. The van der Waals surface area contributed by atoms with Crippen LogP contribution in [-0.2, 0) is 17.1 Å². The maximum atomic E-state index is 11.6. The number of phenolic OH excluding ortho intramolecular Hbond substituents is 2. The van der Waals surface area contributed by atoms with E-state index in [0.717, 1.165) is 0 Å². The number of carbonyl (C=O) groups excluding carboxylic acids is 2. The number of aromatic hydroxyl groups is 2. The average molecular weight is 524 g/mol. The molecule has 2 aromatic heterocycles. The van der Waals surface area contributed by atoms with E-state index in [1.165, 1.54) is 49.2 Å². The second kappa shape index (κ2) is 13.8. The molecule has 2 aromatic carbocycles. The smallest absolute Gasteiger partial charge is 0.275 e. The van der Waals surface area contributed by atoms with Crippen molar-refractivity contribution in [3.8, 4) is 11.5 Å². The van der Waals surface area contributed by atoms with Gasteiger partial charge >= 0.3 is 0 Å². The number of phenols is 2. The average Bonchev–Trinajstić information content (AvgIpc) is 3.55. The van der Waals surface area contributed by atoms with Gasteiger partial charge in [0.15, 0.2) is 0 Å². The van der Waals surface area contributed by atoms with Gasteiger partial charge in [0.05, 0.1) is 36.1 Å². The Bertz CT molecular complexity index is 1170. The van der Waals surface area contributed by atoms with Crippen LogP contribution in [0.15, 0.2) is 104 Å². The molecule has 0 aliphatic rings. The minimum absolute atomic E-state index is 0. The number of furan rings is 2. The van der Waals surface area contributed by atoms with Gasteiger partial charge in [-0.25, -0.2) is 10.9 Å². The van der Waals surface area contributed by atoms with Gasteiger partial charge in [0, 0.05) is 17.1 Å². The van der Waals surface area contributed by atoms with Crippen molar-refractivity contribution in [1.29, 1.82) is 0 Å². The van der Waals surface area contributed by atoms with Crippen LogP contribution in [0, 0.1) is 0 Å². The SMILES string of the molecule is O=C(N/N=C/c1ccco1)c1ccccc1O.O=C(N/N=C/c1ccco1)c1ccccc1O.[Cu]. The number of hydrazone groups is 2. The van der Waals surface area contributed by atoms with Gasteiger partial charge in [0.2, 0.25) is 0 Å². The number of nitrogens with zero attached hydrogens (tertiary/aromatic N) is 2. The number of amides is 2. The van der Waals surface area contributed by atoms with Crippen molar-refractivity contribution in [2.45, 2.75) is 0 Å². The van der Waals surface area contributed by atoms with Gasteiger partial charge in [0.1, 0.15) is 23.0 Å². The van der Waals surface area contributed by atoms with Crippen LogP contribution in [0.25, 0.3) is 0 Å². The summed E-state index contributed by atoms with van der Waals surface area (Å²) in [5.41, 5.74) is 4.92. The van der Waals surface area contributed by atoms with Crippen molar-refractivity contribution in [3.05, 3.63) is 108 Å². The predicted octanol–water partition coefficient (Wildman–Crippen LogP) is 3.50. The molecule has 2 heterocycles. The summed E-state index contributed by atoms with van der Waals surface area (Å²) in [5.74, 6) is -0.0709. The molecule has 0 aliphatic carbocycles. The molecule has 4 aromatic rings. The monoisotopic (exact) mass is 523 g/mol. The Kier molecular flexibility index (Phi) is 10.5. The molecule has 0 aliphatic heterocycles. The molecule has 0 atom stereocenters. The van der Waals surface area contributed by atoms with E-state index in [4.69, 9.17) is 8.83 Å². The van der Waals surface area contributed by atoms with E-state index in [0.29, 0.717) is 11.5 Å². The first kappa shape index (κ1) is 26.7. The fourth-order valence-electron chi connectivity index (χ4n) is 2.49. The number of rotatable bonds is 6. The van der Waals surface area contributed by atoms with Crippen LogP contribution in [0.1, 0.15) is 32.2 Å². The zero-order chi connectivity index (χ0) is 24.2. The molecule has 1 radical (unpaired) electrons. The zero-order valence-electron chi connectivity index (χ0n) is 18.0. The molecule has 0 bridgehead atoms. The van der Waals surface area contributed by atoms with E-state index in [9.17, 15) is 19.8 Å². The Morgan fingerprint density at radius 1 is 0.657 bits per heavy atom. The molecule has 4 N–H and O–H groups in total. The topological polar surface area (TPSA) is 150 Å². The van der Waals surface area contributed by atoms with Gasteiger partial charge in [0.25, 0.3) is 11.8 Å². The van der Waals surface area contributed by atoms with Crippen molar-refractivity contribution in [2.75, 3.05) is 0 Å². The second-order valence-corrected chi connectivity index (χ2v) is 6.46. The molecular weight excluding hydrogens is 504 g/mol. The van der Waals surface area contributed by atoms with Gasteiger partial charge in [-0.2, -0.15) is 10.2 Å². The van der Waals surface area contributed by atoms with Gasteiger partial charge < -0.3 is 19.0 Å². The Morgan fingerprint density at radius 3 is 1.40 bits per heavy atom. The van der Waals surface area contributed by atoms with Crippen molar-refractivity contribution in [2.24, 2.45) is 10.2 Å². The van der Waals surface area contributed by atoms with Gasteiger partial charge in [-0.15, -0.1) is 0 Å². The summed E-state index contributed by atoms with van der Waals surface area (Å²) in [4.78, 5) is 23.2. The van der Waals surface area contributed by atoms with Crippen molar-refractivity contribution in [1.82, 2.24) is 10.9 Å². The van der Waals surface area contributed by atoms with E-state index >= 15 is 0 Å². The number of carbonyl (C=O) groups is 2. The van der Waals surface area contributed by atoms with E-state index < -0.39 is 11.8 Å². The molecule has 4 rings (SSSR count).